The van der Waals surface area contributed by atoms with Crippen molar-refractivity contribution in [3.05, 3.63) is 39.8 Å². The third-order valence-corrected chi connectivity index (χ3v) is 5.88. The fourth-order valence-corrected chi connectivity index (χ4v) is 4.62. The van der Waals surface area contributed by atoms with Gasteiger partial charge in [-0.15, -0.1) is 11.3 Å². The Morgan fingerprint density at radius 1 is 1.19 bits per heavy atom. The molecule has 0 spiro atoms. The van der Waals surface area contributed by atoms with Crippen LogP contribution in [0.15, 0.2) is 18.2 Å². The predicted molar refractivity (Wildman–Crippen MR) is 102 cm³/mol. The van der Waals surface area contributed by atoms with Crippen LogP contribution in [0.4, 0.5) is 5.00 Å². The minimum absolute atomic E-state index is 0.158. The van der Waals surface area contributed by atoms with E-state index in [2.05, 4.69) is 5.32 Å². The number of esters is 1. The lowest BCUT2D eigenvalue weighted by atomic mass is 9.95. The molecule has 0 atom stereocenters. The maximum Gasteiger partial charge on any atom is 0.341 e. The van der Waals surface area contributed by atoms with Crippen molar-refractivity contribution >= 4 is 28.2 Å². The molecule has 0 unspecified atom stereocenters. The molecule has 7 heteroatoms. The normalized spacial score (nSPS) is 14.6. The van der Waals surface area contributed by atoms with Crippen LogP contribution in [0.5, 0.6) is 11.5 Å². The van der Waals surface area contributed by atoms with Crippen molar-refractivity contribution in [3.8, 4) is 11.5 Å². The Balaban J connectivity index is 1.61. The van der Waals surface area contributed by atoms with Crippen LogP contribution in [0.1, 0.15) is 57.3 Å². The van der Waals surface area contributed by atoms with Gasteiger partial charge in [-0.05, 0) is 55.9 Å². The molecule has 0 fully saturated rings. The molecule has 1 amide bonds. The summed E-state index contributed by atoms with van der Waals surface area (Å²) in [6.45, 7) is 2.49. The Morgan fingerprint density at radius 3 is 2.85 bits per heavy atom. The first kappa shape index (κ1) is 17.9. The number of ether oxygens (including phenoxy) is 3. The van der Waals surface area contributed by atoms with Gasteiger partial charge in [-0.3, -0.25) is 4.79 Å². The number of hydrogen-bond donors (Lipinski definition) is 1. The van der Waals surface area contributed by atoms with Gasteiger partial charge in [0.25, 0.3) is 5.91 Å². The van der Waals surface area contributed by atoms with Gasteiger partial charge < -0.3 is 19.5 Å². The number of nitrogens with one attached hydrogen (secondary N) is 1. The molecule has 27 heavy (non-hydrogen) atoms. The molecule has 0 bridgehead atoms. The molecule has 6 nitrogen and oxygen atoms in total. The molecule has 4 rings (SSSR count). The number of carbonyl (C=O) groups is 2. The number of rotatable bonds is 5. The minimum atomic E-state index is -0.350. The molecule has 0 saturated carbocycles. The molecule has 0 saturated heterocycles. The van der Waals surface area contributed by atoms with E-state index in [0.29, 0.717) is 34.2 Å². The number of fused-ring (bicyclic) bond motifs is 2. The van der Waals surface area contributed by atoms with Crippen molar-refractivity contribution in [1.29, 1.82) is 0 Å². The van der Waals surface area contributed by atoms with Crippen molar-refractivity contribution in [3.63, 3.8) is 0 Å². The zero-order valence-electron chi connectivity index (χ0n) is 15.1. The minimum Gasteiger partial charge on any atom is -0.462 e. The van der Waals surface area contributed by atoms with E-state index in [1.54, 1.807) is 18.2 Å². The number of hydrogen-bond acceptors (Lipinski definition) is 6. The average molecular weight is 387 g/mol. The second-order valence-corrected chi connectivity index (χ2v) is 7.68. The third-order valence-electron chi connectivity index (χ3n) is 4.67. The van der Waals surface area contributed by atoms with Gasteiger partial charge in [-0.25, -0.2) is 4.79 Å². The van der Waals surface area contributed by atoms with Gasteiger partial charge in [-0.1, -0.05) is 6.92 Å². The second kappa shape index (κ2) is 7.60. The SMILES string of the molecule is CCCOC(=O)c1c(NC(=O)c2ccc3c(c2)OCO3)sc2c1CCCC2. The van der Waals surface area contributed by atoms with E-state index in [-0.39, 0.29) is 18.7 Å². The number of carbonyl (C=O) groups excluding carboxylic acids is 2. The van der Waals surface area contributed by atoms with Crippen molar-refractivity contribution < 1.29 is 23.8 Å². The van der Waals surface area contributed by atoms with E-state index in [9.17, 15) is 9.59 Å². The molecule has 142 valence electrons. The van der Waals surface area contributed by atoms with Gasteiger partial charge in [0, 0.05) is 10.4 Å². The maximum atomic E-state index is 12.8. The van der Waals surface area contributed by atoms with Crippen LogP contribution in [0.25, 0.3) is 0 Å². The van der Waals surface area contributed by atoms with Gasteiger partial charge in [0.1, 0.15) is 5.00 Å². The van der Waals surface area contributed by atoms with Crippen molar-refractivity contribution in [2.75, 3.05) is 18.7 Å². The largest absolute Gasteiger partial charge is 0.462 e. The molecule has 2 aromatic rings. The summed E-state index contributed by atoms with van der Waals surface area (Å²) in [6, 6.07) is 5.05. The van der Waals surface area contributed by atoms with Gasteiger partial charge >= 0.3 is 5.97 Å². The number of anilines is 1. The van der Waals surface area contributed by atoms with E-state index in [0.717, 1.165) is 37.7 Å². The molecule has 1 aliphatic heterocycles. The highest BCUT2D eigenvalue weighted by atomic mass is 32.1. The van der Waals surface area contributed by atoms with Crippen LogP contribution in [-0.2, 0) is 17.6 Å². The summed E-state index contributed by atoms with van der Waals surface area (Å²) >= 11 is 1.48. The molecule has 1 aromatic carbocycles. The first-order chi connectivity index (χ1) is 13.2. The van der Waals surface area contributed by atoms with Crippen LogP contribution in [0, 0.1) is 0 Å². The lowest BCUT2D eigenvalue weighted by molar-refractivity contribution is 0.0505. The molecular weight excluding hydrogens is 366 g/mol. The zero-order valence-corrected chi connectivity index (χ0v) is 15.9. The quantitative estimate of drug-likeness (QED) is 0.780. The molecule has 2 heterocycles. The smallest absolute Gasteiger partial charge is 0.341 e. The average Bonchev–Trinajstić information content (AvgIpc) is 3.29. The van der Waals surface area contributed by atoms with Crippen LogP contribution in [-0.4, -0.2) is 25.3 Å². The number of thiophene rings is 1. The summed E-state index contributed by atoms with van der Waals surface area (Å²) in [4.78, 5) is 26.6. The van der Waals surface area contributed by atoms with Gasteiger partial charge in [0.15, 0.2) is 11.5 Å². The van der Waals surface area contributed by atoms with Crippen molar-refractivity contribution in [2.45, 2.75) is 39.0 Å². The zero-order chi connectivity index (χ0) is 18.8. The van der Waals surface area contributed by atoms with E-state index in [1.807, 2.05) is 6.92 Å². The maximum absolute atomic E-state index is 12.8. The molecule has 1 N–H and O–H groups in total. The summed E-state index contributed by atoms with van der Waals surface area (Å²) in [7, 11) is 0. The lowest BCUT2D eigenvalue weighted by Gasteiger charge is -2.12. The summed E-state index contributed by atoms with van der Waals surface area (Å²) < 4.78 is 16.0. The van der Waals surface area contributed by atoms with E-state index < -0.39 is 0 Å². The second-order valence-electron chi connectivity index (χ2n) is 6.57. The molecular formula is C20H21NO5S. The fourth-order valence-electron chi connectivity index (χ4n) is 3.35. The van der Waals surface area contributed by atoms with Gasteiger partial charge in [-0.2, -0.15) is 0 Å². The Bertz CT molecular complexity index is 889. The molecule has 2 aliphatic rings. The van der Waals surface area contributed by atoms with Gasteiger partial charge in [0.05, 0.1) is 12.2 Å². The first-order valence-corrected chi connectivity index (χ1v) is 10.0. The number of amides is 1. The Morgan fingerprint density at radius 2 is 2.00 bits per heavy atom. The summed E-state index contributed by atoms with van der Waals surface area (Å²) in [5, 5.41) is 3.49. The highest BCUT2D eigenvalue weighted by molar-refractivity contribution is 7.17. The Labute approximate surface area is 161 Å². The van der Waals surface area contributed by atoms with E-state index in [4.69, 9.17) is 14.2 Å². The van der Waals surface area contributed by atoms with Crippen LogP contribution in [0.3, 0.4) is 0 Å². The van der Waals surface area contributed by atoms with Crippen LogP contribution < -0.4 is 14.8 Å². The van der Waals surface area contributed by atoms with E-state index >= 15 is 0 Å². The Kier molecular flexibility index (Phi) is 5.03. The number of benzene rings is 1. The Hall–Kier alpha value is -2.54. The highest BCUT2D eigenvalue weighted by Gasteiger charge is 2.28. The standard InChI is InChI=1S/C20H21NO5S/c1-2-9-24-20(23)17-13-5-3-4-6-16(13)27-19(17)21-18(22)12-7-8-14-15(10-12)26-11-25-14/h7-8,10H,2-6,9,11H2,1H3,(H,21,22). The predicted octanol–water partition coefficient (Wildman–Crippen LogP) is 4.17. The lowest BCUT2D eigenvalue weighted by Crippen LogP contribution is -2.16. The summed E-state index contributed by atoms with van der Waals surface area (Å²) in [5.74, 6) is 0.548. The molecule has 1 aromatic heterocycles. The third kappa shape index (κ3) is 3.51. The summed E-state index contributed by atoms with van der Waals surface area (Å²) in [5.41, 5.74) is 2.02. The topological polar surface area (TPSA) is 73.9 Å². The first-order valence-electron chi connectivity index (χ1n) is 9.20. The summed E-state index contributed by atoms with van der Waals surface area (Å²) in [6.07, 6.45) is 4.70. The van der Waals surface area contributed by atoms with Gasteiger partial charge in [0.2, 0.25) is 6.79 Å². The highest BCUT2D eigenvalue weighted by Crippen LogP contribution is 2.39. The van der Waals surface area contributed by atoms with E-state index in [1.165, 1.54) is 16.2 Å². The molecule has 1 aliphatic carbocycles. The van der Waals surface area contributed by atoms with Crippen LogP contribution >= 0.6 is 11.3 Å². The number of aryl methyl sites for hydroxylation is 1. The fraction of sp³-hybridized carbons (Fsp3) is 0.400. The monoisotopic (exact) mass is 387 g/mol. The van der Waals surface area contributed by atoms with Crippen LogP contribution in [0.2, 0.25) is 0 Å². The van der Waals surface area contributed by atoms with Crippen molar-refractivity contribution in [1.82, 2.24) is 0 Å². The molecule has 0 radical (unpaired) electrons. The van der Waals surface area contributed by atoms with Crippen molar-refractivity contribution in [2.24, 2.45) is 0 Å².